The quantitative estimate of drug-likeness (QED) is 0.601. The molecular weight excluding hydrogens is 421 g/mol. The van der Waals surface area contributed by atoms with Crippen molar-refractivity contribution in [2.45, 2.75) is 31.6 Å². The molecule has 0 spiro atoms. The molecule has 2 aromatic carbocycles. The number of rotatable bonds is 8. The Morgan fingerprint density at radius 2 is 1.87 bits per heavy atom. The summed E-state index contributed by atoms with van der Waals surface area (Å²) in [6.45, 7) is 5.61. The number of unbranched alkanes of at least 4 members (excludes halogenated alkanes) is 1. The smallest absolute Gasteiger partial charge is 0.255 e. The molecule has 0 unspecified atom stereocenters. The molecule has 0 radical (unpaired) electrons. The van der Waals surface area contributed by atoms with E-state index in [1.54, 1.807) is 13.0 Å². The summed E-state index contributed by atoms with van der Waals surface area (Å²) in [4.78, 5) is 12.8. The van der Waals surface area contributed by atoms with Gasteiger partial charge in [-0.15, -0.1) is 0 Å². The number of halogens is 1. The summed E-state index contributed by atoms with van der Waals surface area (Å²) in [6.07, 6.45) is 1.91. The van der Waals surface area contributed by atoms with Gasteiger partial charge in [-0.05, 0) is 49.2 Å². The first-order valence-electron chi connectivity index (χ1n) is 10.4. The number of morpholine rings is 1. The normalized spacial score (nSPS) is 14.9. The Balaban J connectivity index is 1.91. The molecule has 2 aromatic rings. The van der Waals surface area contributed by atoms with Gasteiger partial charge in [0.05, 0.1) is 29.5 Å². The van der Waals surface area contributed by atoms with E-state index in [-0.39, 0.29) is 23.5 Å². The van der Waals surface area contributed by atoms with Crippen LogP contribution in [0.1, 0.15) is 35.7 Å². The van der Waals surface area contributed by atoms with Gasteiger partial charge < -0.3 is 15.4 Å². The molecule has 7 nitrogen and oxygen atoms in total. The van der Waals surface area contributed by atoms with Gasteiger partial charge in [0, 0.05) is 25.2 Å². The standard InChI is InChI=1S/C22H28FN3O4S/c1-3-4-9-24-20-8-7-18(31(28,29)26-10-12-30-13-11-26)15-21(20)25-22(27)17-6-5-16(2)19(23)14-17/h5-8,14-15,24H,3-4,9-13H2,1-2H3,(H,25,27). The lowest BCUT2D eigenvalue weighted by molar-refractivity contribution is 0.0730. The molecule has 1 aliphatic rings. The van der Waals surface area contributed by atoms with Crippen molar-refractivity contribution in [3.63, 3.8) is 0 Å². The third kappa shape index (κ3) is 5.61. The predicted molar refractivity (Wildman–Crippen MR) is 119 cm³/mol. The number of carbonyl (C=O) groups is 1. The largest absolute Gasteiger partial charge is 0.383 e. The van der Waals surface area contributed by atoms with Crippen LogP contribution in [0.2, 0.25) is 0 Å². The zero-order valence-electron chi connectivity index (χ0n) is 17.8. The summed E-state index contributed by atoms with van der Waals surface area (Å²) >= 11 is 0. The van der Waals surface area contributed by atoms with Gasteiger partial charge in [-0.25, -0.2) is 12.8 Å². The average Bonchev–Trinajstić information content (AvgIpc) is 2.77. The number of aryl methyl sites for hydroxylation is 1. The number of carbonyl (C=O) groups excluding carboxylic acids is 1. The van der Waals surface area contributed by atoms with Crippen LogP contribution in [-0.2, 0) is 14.8 Å². The molecule has 0 atom stereocenters. The molecule has 1 heterocycles. The molecule has 3 rings (SSSR count). The molecule has 1 fully saturated rings. The number of benzene rings is 2. The Bertz CT molecular complexity index is 1040. The minimum atomic E-state index is -3.72. The number of ether oxygens (including phenoxy) is 1. The van der Waals surface area contributed by atoms with E-state index in [9.17, 15) is 17.6 Å². The third-order valence-electron chi connectivity index (χ3n) is 5.13. The lowest BCUT2D eigenvalue weighted by atomic mass is 10.1. The number of hydrogen-bond donors (Lipinski definition) is 2. The van der Waals surface area contributed by atoms with Crippen LogP contribution in [-0.4, -0.2) is 51.5 Å². The molecule has 168 valence electrons. The lowest BCUT2D eigenvalue weighted by Crippen LogP contribution is -2.40. The third-order valence-corrected chi connectivity index (χ3v) is 7.02. The van der Waals surface area contributed by atoms with E-state index in [0.717, 1.165) is 12.8 Å². The van der Waals surface area contributed by atoms with E-state index in [0.29, 0.717) is 36.7 Å². The van der Waals surface area contributed by atoms with E-state index in [1.807, 2.05) is 0 Å². The summed E-state index contributed by atoms with van der Waals surface area (Å²) in [5, 5.41) is 5.97. The number of nitrogens with zero attached hydrogens (tertiary/aromatic N) is 1. The summed E-state index contributed by atoms with van der Waals surface area (Å²) in [5.41, 5.74) is 1.54. The highest BCUT2D eigenvalue weighted by Crippen LogP contribution is 2.28. The van der Waals surface area contributed by atoms with Crippen molar-refractivity contribution >= 4 is 27.3 Å². The minimum absolute atomic E-state index is 0.0841. The Hall–Kier alpha value is -2.49. The molecule has 9 heteroatoms. The number of anilines is 2. The van der Waals surface area contributed by atoms with E-state index in [4.69, 9.17) is 4.74 Å². The Morgan fingerprint density at radius 1 is 1.13 bits per heavy atom. The fourth-order valence-corrected chi connectivity index (χ4v) is 4.64. The summed E-state index contributed by atoms with van der Waals surface area (Å²) in [7, 11) is -3.72. The molecule has 1 aliphatic heterocycles. The van der Waals surface area contributed by atoms with Gasteiger partial charge in [0.1, 0.15) is 5.82 Å². The first-order chi connectivity index (χ1) is 14.8. The van der Waals surface area contributed by atoms with Crippen LogP contribution in [0.25, 0.3) is 0 Å². The fourth-order valence-electron chi connectivity index (χ4n) is 3.21. The molecule has 0 bridgehead atoms. The van der Waals surface area contributed by atoms with Crippen molar-refractivity contribution in [1.82, 2.24) is 4.31 Å². The van der Waals surface area contributed by atoms with Crippen molar-refractivity contribution in [1.29, 1.82) is 0 Å². The van der Waals surface area contributed by atoms with E-state index >= 15 is 0 Å². The maximum atomic E-state index is 13.9. The van der Waals surface area contributed by atoms with Crippen LogP contribution in [0.4, 0.5) is 15.8 Å². The highest BCUT2D eigenvalue weighted by molar-refractivity contribution is 7.89. The van der Waals surface area contributed by atoms with Gasteiger partial charge in [0.25, 0.3) is 5.91 Å². The fraction of sp³-hybridized carbons (Fsp3) is 0.409. The summed E-state index contributed by atoms with van der Waals surface area (Å²) in [6, 6.07) is 8.86. The number of amides is 1. The summed E-state index contributed by atoms with van der Waals surface area (Å²) in [5.74, 6) is -0.990. The van der Waals surface area contributed by atoms with Crippen LogP contribution in [0.5, 0.6) is 0 Å². The van der Waals surface area contributed by atoms with Crippen LogP contribution >= 0.6 is 0 Å². The zero-order chi connectivity index (χ0) is 22.4. The van der Waals surface area contributed by atoms with Crippen molar-refractivity contribution in [3.8, 4) is 0 Å². The van der Waals surface area contributed by atoms with Crippen LogP contribution < -0.4 is 10.6 Å². The average molecular weight is 450 g/mol. The second-order valence-electron chi connectivity index (χ2n) is 7.42. The predicted octanol–water partition coefficient (Wildman–Crippen LogP) is 3.62. The minimum Gasteiger partial charge on any atom is -0.383 e. The van der Waals surface area contributed by atoms with Gasteiger partial charge in [0.2, 0.25) is 10.0 Å². The highest BCUT2D eigenvalue weighted by Gasteiger charge is 2.27. The molecule has 31 heavy (non-hydrogen) atoms. The maximum absolute atomic E-state index is 13.9. The number of sulfonamides is 1. The number of hydrogen-bond acceptors (Lipinski definition) is 5. The van der Waals surface area contributed by atoms with Crippen molar-refractivity contribution in [2.75, 3.05) is 43.5 Å². The molecule has 0 aromatic heterocycles. The Labute approximate surface area is 182 Å². The second kappa shape index (κ2) is 10.2. The van der Waals surface area contributed by atoms with Gasteiger partial charge in [-0.3, -0.25) is 4.79 Å². The summed E-state index contributed by atoms with van der Waals surface area (Å²) < 4.78 is 46.6. The SMILES string of the molecule is CCCCNc1ccc(S(=O)(=O)N2CCOCC2)cc1NC(=O)c1ccc(C)c(F)c1. The first kappa shape index (κ1) is 23.2. The molecule has 1 saturated heterocycles. The molecule has 1 amide bonds. The molecule has 0 saturated carbocycles. The molecule has 0 aliphatic carbocycles. The van der Waals surface area contributed by atoms with E-state index in [2.05, 4.69) is 17.6 Å². The zero-order valence-corrected chi connectivity index (χ0v) is 18.6. The van der Waals surface area contributed by atoms with Crippen LogP contribution in [0.15, 0.2) is 41.3 Å². The molecular formula is C22H28FN3O4S. The Kier molecular flexibility index (Phi) is 7.64. The van der Waals surface area contributed by atoms with Crippen LogP contribution in [0.3, 0.4) is 0 Å². The maximum Gasteiger partial charge on any atom is 0.255 e. The van der Waals surface area contributed by atoms with Crippen molar-refractivity contribution < 1.29 is 22.3 Å². The van der Waals surface area contributed by atoms with E-state index in [1.165, 1.54) is 34.6 Å². The van der Waals surface area contributed by atoms with Gasteiger partial charge in [0.15, 0.2) is 0 Å². The van der Waals surface area contributed by atoms with Crippen molar-refractivity contribution in [3.05, 3.63) is 53.3 Å². The van der Waals surface area contributed by atoms with Gasteiger partial charge >= 0.3 is 0 Å². The molecule has 2 N–H and O–H groups in total. The first-order valence-corrected chi connectivity index (χ1v) is 11.8. The van der Waals surface area contributed by atoms with Crippen LogP contribution in [0, 0.1) is 12.7 Å². The Morgan fingerprint density at radius 3 is 2.55 bits per heavy atom. The second-order valence-corrected chi connectivity index (χ2v) is 9.36. The lowest BCUT2D eigenvalue weighted by Gasteiger charge is -2.26. The topological polar surface area (TPSA) is 87.7 Å². The van der Waals surface area contributed by atoms with Gasteiger partial charge in [-0.1, -0.05) is 19.4 Å². The van der Waals surface area contributed by atoms with Gasteiger partial charge in [-0.2, -0.15) is 4.31 Å². The highest BCUT2D eigenvalue weighted by atomic mass is 32.2. The van der Waals surface area contributed by atoms with E-state index < -0.39 is 21.7 Å². The monoisotopic (exact) mass is 449 g/mol. The number of nitrogens with one attached hydrogen (secondary N) is 2. The van der Waals surface area contributed by atoms with Crippen molar-refractivity contribution in [2.24, 2.45) is 0 Å².